The number of unbranched alkanes of at least 4 members (excludes halogenated alkanes) is 2. The van der Waals surface area contributed by atoms with Crippen LogP contribution in [0.1, 0.15) is 90.2 Å². The van der Waals surface area contributed by atoms with Crippen molar-refractivity contribution in [2.24, 2.45) is 11.8 Å². The highest BCUT2D eigenvalue weighted by molar-refractivity contribution is 5.87. The Hall–Kier alpha value is -3.94. The van der Waals surface area contributed by atoms with Gasteiger partial charge in [0.05, 0.1) is 27.4 Å². The predicted octanol–water partition coefficient (Wildman–Crippen LogP) is 8.66. The molecule has 248 valence electrons. The number of rotatable bonds is 22. The van der Waals surface area contributed by atoms with E-state index in [0.717, 1.165) is 62.5 Å². The molecular weight excluding hydrogens is 572 g/mol. The molecule has 45 heavy (non-hydrogen) atoms. The fourth-order valence-electron chi connectivity index (χ4n) is 4.59. The summed E-state index contributed by atoms with van der Waals surface area (Å²) in [5.41, 5.74) is 1.54. The Labute approximate surface area is 269 Å². The number of carbonyl (C=O) groups is 2. The Kier molecular flexibility index (Phi) is 18.0. The predicted molar refractivity (Wildman–Crippen MR) is 179 cm³/mol. The smallest absolute Gasteiger partial charge is 0.330 e. The maximum atomic E-state index is 12.2. The van der Waals surface area contributed by atoms with Gasteiger partial charge in [-0.3, -0.25) is 0 Å². The fourth-order valence-corrected chi connectivity index (χ4v) is 4.59. The summed E-state index contributed by atoms with van der Waals surface area (Å²) in [6.07, 6.45) is 14.9. The third kappa shape index (κ3) is 14.1. The molecule has 2 aromatic rings. The van der Waals surface area contributed by atoms with Crippen molar-refractivity contribution < 1.29 is 38.0 Å². The summed E-state index contributed by atoms with van der Waals surface area (Å²) >= 11 is 0. The van der Waals surface area contributed by atoms with Crippen LogP contribution in [-0.2, 0) is 19.1 Å². The van der Waals surface area contributed by atoms with Crippen LogP contribution in [0.3, 0.4) is 0 Å². The molecule has 0 heterocycles. The van der Waals surface area contributed by atoms with Crippen molar-refractivity contribution in [1.82, 2.24) is 0 Å². The molecule has 0 aliphatic carbocycles. The second kappa shape index (κ2) is 21.7. The van der Waals surface area contributed by atoms with Gasteiger partial charge in [0.15, 0.2) is 23.0 Å². The maximum Gasteiger partial charge on any atom is 0.330 e. The summed E-state index contributed by atoms with van der Waals surface area (Å²) in [7, 11) is 3.09. The van der Waals surface area contributed by atoms with Crippen molar-refractivity contribution in [3.8, 4) is 23.0 Å². The van der Waals surface area contributed by atoms with Crippen LogP contribution in [0.2, 0.25) is 0 Å². The van der Waals surface area contributed by atoms with Crippen LogP contribution < -0.4 is 18.9 Å². The van der Waals surface area contributed by atoms with Crippen molar-refractivity contribution in [3.05, 3.63) is 59.7 Å². The van der Waals surface area contributed by atoms with Crippen molar-refractivity contribution in [3.63, 3.8) is 0 Å². The third-order valence-corrected chi connectivity index (χ3v) is 7.64. The van der Waals surface area contributed by atoms with Crippen LogP contribution in [0.15, 0.2) is 48.6 Å². The minimum atomic E-state index is -0.365. The van der Waals surface area contributed by atoms with E-state index in [1.807, 2.05) is 12.1 Å². The van der Waals surface area contributed by atoms with Crippen LogP contribution >= 0.6 is 0 Å². The van der Waals surface area contributed by atoms with E-state index >= 15 is 0 Å². The highest BCUT2D eigenvalue weighted by Gasteiger charge is 2.11. The van der Waals surface area contributed by atoms with Gasteiger partial charge in [-0.15, -0.1) is 0 Å². The zero-order valence-corrected chi connectivity index (χ0v) is 28.0. The summed E-state index contributed by atoms with van der Waals surface area (Å²) in [5, 5.41) is 0. The van der Waals surface area contributed by atoms with Gasteiger partial charge in [-0.25, -0.2) is 9.59 Å². The van der Waals surface area contributed by atoms with Crippen molar-refractivity contribution in [2.45, 2.75) is 79.1 Å². The van der Waals surface area contributed by atoms with Gasteiger partial charge in [0.2, 0.25) is 6.79 Å². The lowest BCUT2D eigenvalue weighted by atomic mass is 10.0. The molecule has 0 N–H and O–H groups in total. The lowest BCUT2D eigenvalue weighted by molar-refractivity contribution is -0.140. The zero-order chi connectivity index (χ0) is 32.9. The van der Waals surface area contributed by atoms with Gasteiger partial charge >= 0.3 is 11.9 Å². The van der Waals surface area contributed by atoms with E-state index < -0.39 is 0 Å². The molecule has 0 aromatic heterocycles. The van der Waals surface area contributed by atoms with Gasteiger partial charge in [0.1, 0.15) is 0 Å². The normalized spacial score (nSPS) is 12.6. The largest absolute Gasteiger partial charge is 0.493 e. The van der Waals surface area contributed by atoms with E-state index in [1.165, 1.54) is 12.2 Å². The molecular formula is C37H52O8. The minimum Gasteiger partial charge on any atom is -0.493 e. The van der Waals surface area contributed by atoms with E-state index in [0.29, 0.717) is 48.0 Å². The quantitative estimate of drug-likeness (QED) is 0.0730. The Morgan fingerprint density at radius 2 is 1.07 bits per heavy atom. The summed E-state index contributed by atoms with van der Waals surface area (Å²) in [5.74, 6) is 2.01. The Morgan fingerprint density at radius 3 is 1.42 bits per heavy atom. The second-order valence-corrected chi connectivity index (χ2v) is 11.0. The molecule has 0 fully saturated rings. The topological polar surface area (TPSA) is 89.5 Å². The first-order chi connectivity index (χ1) is 21.9. The van der Waals surface area contributed by atoms with E-state index in [2.05, 4.69) is 27.7 Å². The van der Waals surface area contributed by atoms with E-state index in [4.69, 9.17) is 28.4 Å². The van der Waals surface area contributed by atoms with Gasteiger partial charge in [0.25, 0.3) is 0 Å². The number of carbonyl (C=O) groups excluding carboxylic acids is 2. The lowest BCUT2D eigenvalue weighted by Gasteiger charge is -2.14. The second-order valence-electron chi connectivity index (χ2n) is 11.0. The van der Waals surface area contributed by atoms with Crippen molar-refractivity contribution in [2.75, 3.05) is 34.2 Å². The van der Waals surface area contributed by atoms with Crippen LogP contribution in [0.5, 0.6) is 23.0 Å². The molecule has 0 amide bonds. The summed E-state index contributed by atoms with van der Waals surface area (Å²) in [6.45, 7) is 9.34. The zero-order valence-electron chi connectivity index (χ0n) is 28.0. The van der Waals surface area contributed by atoms with Gasteiger partial charge in [0, 0.05) is 12.2 Å². The molecule has 0 aliphatic heterocycles. The van der Waals surface area contributed by atoms with E-state index in [1.54, 1.807) is 50.6 Å². The molecule has 0 aliphatic rings. The summed E-state index contributed by atoms with van der Waals surface area (Å²) in [6, 6.07) is 10.7. The summed E-state index contributed by atoms with van der Waals surface area (Å²) < 4.78 is 33.5. The fraction of sp³-hybridized carbons (Fsp3) is 0.514. The molecule has 2 atom stereocenters. The SMILES string of the molecule is CCCCC(CC)COC(=O)C=Cc1ccc(OCOc2ccc(C=CC(=O)OCC(CC)CCCC)cc2OC)c(OC)c1. The molecule has 2 rings (SSSR count). The molecule has 0 radical (unpaired) electrons. The molecule has 2 unspecified atom stereocenters. The molecule has 0 bridgehead atoms. The molecule has 8 heteroatoms. The Balaban J connectivity index is 1.90. The highest BCUT2D eigenvalue weighted by atomic mass is 16.7. The molecule has 0 spiro atoms. The summed E-state index contributed by atoms with van der Waals surface area (Å²) in [4.78, 5) is 24.4. The molecule has 8 nitrogen and oxygen atoms in total. The number of esters is 2. The van der Waals surface area contributed by atoms with Crippen LogP contribution in [-0.4, -0.2) is 46.2 Å². The lowest BCUT2D eigenvalue weighted by Crippen LogP contribution is -2.12. The average molecular weight is 625 g/mol. The minimum absolute atomic E-state index is 0.0942. The van der Waals surface area contributed by atoms with Crippen LogP contribution in [0.4, 0.5) is 0 Å². The number of hydrogen-bond acceptors (Lipinski definition) is 8. The third-order valence-electron chi connectivity index (χ3n) is 7.64. The van der Waals surface area contributed by atoms with Gasteiger partial charge in [-0.1, -0.05) is 78.4 Å². The number of benzene rings is 2. The van der Waals surface area contributed by atoms with Crippen molar-refractivity contribution >= 4 is 24.1 Å². The van der Waals surface area contributed by atoms with Crippen LogP contribution in [0.25, 0.3) is 12.2 Å². The van der Waals surface area contributed by atoms with E-state index in [-0.39, 0.29) is 18.7 Å². The number of methoxy groups -OCH3 is 2. The molecule has 2 aromatic carbocycles. The van der Waals surface area contributed by atoms with Gasteiger partial charge in [-0.2, -0.15) is 0 Å². The highest BCUT2D eigenvalue weighted by Crippen LogP contribution is 2.31. The maximum absolute atomic E-state index is 12.2. The number of hydrogen-bond donors (Lipinski definition) is 0. The number of ether oxygens (including phenoxy) is 6. The first-order valence-electron chi connectivity index (χ1n) is 16.2. The standard InChI is InChI=1S/C37H52O8/c1-7-11-13-28(9-3)25-42-36(38)21-17-30-15-19-32(34(23-30)40-5)44-27-45-33-20-16-31(24-35(33)41-6)18-22-37(39)43-26-29(10-4)14-12-8-2/h15-24,28-29H,7-14,25-27H2,1-6H3. The van der Waals surface area contributed by atoms with Gasteiger partial charge in [-0.05, 0) is 72.2 Å². The first-order valence-corrected chi connectivity index (χ1v) is 16.2. The van der Waals surface area contributed by atoms with Crippen molar-refractivity contribution in [1.29, 1.82) is 0 Å². The van der Waals surface area contributed by atoms with Crippen LogP contribution in [0, 0.1) is 11.8 Å². The Morgan fingerprint density at radius 1 is 0.644 bits per heavy atom. The first kappa shape index (κ1) is 37.2. The Bertz CT molecular complexity index is 1130. The molecule has 0 saturated carbocycles. The van der Waals surface area contributed by atoms with E-state index in [9.17, 15) is 9.59 Å². The average Bonchev–Trinajstić information content (AvgIpc) is 3.07. The van der Waals surface area contributed by atoms with Gasteiger partial charge < -0.3 is 28.4 Å². The molecule has 0 saturated heterocycles. The monoisotopic (exact) mass is 624 g/mol.